The molecule has 148 valence electrons. The van der Waals surface area contributed by atoms with Crippen molar-refractivity contribution in [2.75, 3.05) is 0 Å². The van der Waals surface area contributed by atoms with Crippen molar-refractivity contribution in [3.8, 4) is 0 Å². The number of carboxylic acids is 4. The van der Waals surface area contributed by atoms with E-state index in [4.69, 9.17) is 5.11 Å². The van der Waals surface area contributed by atoms with Crippen molar-refractivity contribution in [2.45, 2.75) is 6.92 Å². The second-order valence-corrected chi connectivity index (χ2v) is 5.87. The number of hydrogen-bond acceptors (Lipinski definition) is 5. The third kappa shape index (κ3) is 4.19. The van der Waals surface area contributed by atoms with Gasteiger partial charge >= 0.3 is 23.9 Å². The number of allylic oxidation sites excluding steroid dienone is 1. The summed E-state index contributed by atoms with van der Waals surface area (Å²) in [5.74, 6) is -7.01. The van der Waals surface area contributed by atoms with E-state index in [2.05, 4.69) is 0 Å². The average Bonchev–Trinajstić information content (AvgIpc) is 2.65. The highest BCUT2D eigenvalue weighted by atomic mass is 16.4. The van der Waals surface area contributed by atoms with Gasteiger partial charge in [-0.05, 0) is 30.2 Å². The van der Waals surface area contributed by atoms with Crippen molar-refractivity contribution in [1.29, 1.82) is 0 Å². The highest BCUT2D eigenvalue weighted by Gasteiger charge is 2.24. The Balaban J connectivity index is 2.59. The molecule has 0 aliphatic rings. The van der Waals surface area contributed by atoms with Gasteiger partial charge in [0.15, 0.2) is 5.78 Å². The molecule has 0 unspecified atom stereocenters. The lowest BCUT2D eigenvalue weighted by Crippen LogP contribution is -2.14. The van der Waals surface area contributed by atoms with Crippen LogP contribution in [0.1, 0.15) is 62.9 Å². The first-order valence-electron chi connectivity index (χ1n) is 7.98. The van der Waals surface area contributed by atoms with Gasteiger partial charge < -0.3 is 20.4 Å². The third-order valence-electron chi connectivity index (χ3n) is 4.06. The number of carbonyl (C=O) groups is 5. The molecule has 9 nitrogen and oxygen atoms in total. The van der Waals surface area contributed by atoms with Crippen LogP contribution in [0.5, 0.6) is 0 Å². The molecule has 0 aliphatic heterocycles. The molecule has 0 aromatic heterocycles. The van der Waals surface area contributed by atoms with Crippen LogP contribution in [0.15, 0.2) is 36.4 Å². The van der Waals surface area contributed by atoms with E-state index < -0.39 is 57.5 Å². The molecule has 9 heteroatoms. The van der Waals surface area contributed by atoms with Gasteiger partial charge in [0.05, 0.1) is 22.3 Å². The van der Waals surface area contributed by atoms with Crippen LogP contribution < -0.4 is 0 Å². The van der Waals surface area contributed by atoms with Crippen LogP contribution in [-0.2, 0) is 0 Å². The van der Waals surface area contributed by atoms with Gasteiger partial charge in [-0.2, -0.15) is 0 Å². The first kappa shape index (κ1) is 21.0. The second kappa shape index (κ2) is 8.17. The number of benzene rings is 2. The highest BCUT2D eigenvalue weighted by Crippen LogP contribution is 2.22. The maximum atomic E-state index is 12.5. The lowest BCUT2D eigenvalue weighted by atomic mass is 9.94. The van der Waals surface area contributed by atoms with Crippen LogP contribution in [0.3, 0.4) is 0 Å². The van der Waals surface area contributed by atoms with Gasteiger partial charge in [-0.25, -0.2) is 19.2 Å². The molecular formula is C20H14O9. The van der Waals surface area contributed by atoms with Crippen LogP contribution in [0.4, 0.5) is 0 Å². The Morgan fingerprint density at radius 1 is 0.690 bits per heavy atom. The molecule has 0 aliphatic carbocycles. The number of rotatable bonds is 7. The van der Waals surface area contributed by atoms with Crippen molar-refractivity contribution >= 4 is 35.7 Å². The van der Waals surface area contributed by atoms with E-state index in [1.54, 1.807) is 0 Å². The quantitative estimate of drug-likeness (QED) is 0.405. The van der Waals surface area contributed by atoms with Crippen molar-refractivity contribution < 1.29 is 44.4 Å². The summed E-state index contributed by atoms with van der Waals surface area (Å²) in [7, 11) is 0. The summed E-state index contributed by atoms with van der Waals surface area (Å²) in [6.07, 6.45) is 1.90. The smallest absolute Gasteiger partial charge is 0.337 e. The fourth-order valence-corrected chi connectivity index (χ4v) is 2.79. The zero-order valence-corrected chi connectivity index (χ0v) is 14.9. The summed E-state index contributed by atoms with van der Waals surface area (Å²) in [6.45, 7) is 1.42. The first-order chi connectivity index (χ1) is 13.6. The molecule has 0 spiro atoms. The number of aryl methyl sites for hydroxylation is 1. The molecule has 29 heavy (non-hydrogen) atoms. The Hall–Kier alpha value is -4.27. The molecular weight excluding hydrogens is 384 g/mol. The molecule has 2 aromatic rings. The Kier molecular flexibility index (Phi) is 5.93. The fraction of sp³-hybridized carbons (Fsp3) is 0.0500. The fourth-order valence-electron chi connectivity index (χ4n) is 2.79. The van der Waals surface area contributed by atoms with E-state index in [9.17, 15) is 39.3 Å². The Bertz CT molecular complexity index is 1090. The zero-order chi connectivity index (χ0) is 21.9. The standard InChI is InChI=1S/C20H14O9/c1-9-5-6-10(15(19(26)27)14(9)18(24)25)7-8-13(21)11-3-2-4-12(17(22)23)16(11)20(28)29/h2-8H,1H3,(H,22,23)(H,24,25)(H,26,27)(H,28,29)/b8-7+. The van der Waals surface area contributed by atoms with Crippen LogP contribution in [0.25, 0.3) is 6.08 Å². The average molecular weight is 398 g/mol. The SMILES string of the molecule is Cc1ccc(/C=C/C(=O)c2cccc(C(=O)O)c2C(=O)O)c(C(=O)O)c1C(=O)O. The van der Waals surface area contributed by atoms with Gasteiger partial charge in [0, 0.05) is 5.56 Å². The summed E-state index contributed by atoms with van der Waals surface area (Å²) in [6, 6.07) is 6.04. The number of ketones is 1. The predicted octanol–water partition coefficient (Wildman–Crippen LogP) is 2.68. The minimum atomic E-state index is -1.62. The maximum Gasteiger partial charge on any atom is 0.337 e. The van der Waals surface area contributed by atoms with Gasteiger partial charge in [0.25, 0.3) is 0 Å². The van der Waals surface area contributed by atoms with E-state index >= 15 is 0 Å². The Morgan fingerprint density at radius 3 is 1.76 bits per heavy atom. The molecule has 4 N–H and O–H groups in total. The third-order valence-corrected chi connectivity index (χ3v) is 4.06. The molecule has 2 aromatic carbocycles. The summed E-state index contributed by atoms with van der Waals surface area (Å²) >= 11 is 0. The van der Waals surface area contributed by atoms with E-state index in [1.165, 1.54) is 25.1 Å². The van der Waals surface area contributed by atoms with Crippen molar-refractivity contribution in [1.82, 2.24) is 0 Å². The monoisotopic (exact) mass is 398 g/mol. The van der Waals surface area contributed by atoms with E-state index in [1.807, 2.05) is 0 Å². The lowest BCUT2D eigenvalue weighted by molar-refractivity contribution is 0.0649. The topological polar surface area (TPSA) is 166 Å². The highest BCUT2D eigenvalue weighted by molar-refractivity contribution is 6.16. The van der Waals surface area contributed by atoms with Crippen LogP contribution >= 0.6 is 0 Å². The largest absolute Gasteiger partial charge is 0.478 e. The van der Waals surface area contributed by atoms with Gasteiger partial charge in [-0.15, -0.1) is 0 Å². The number of carbonyl (C=O) groups excluding carboxylic acids is 1. The summed E-state index contributed by atoms with van der Waals surface area (Å²) < 4.78 is 0. The molecule has 2 rings (SSSR count). The van der Waals surface area contributed by atoms with Gasteiger partial charge in [0.2, 0.25) is 0 Å². The van der Waals surface area contributed by atoms with Crippen molar-refractivity contribution in [3.05, 3.63) is 75.4 Å². The van der Waals surface area contributed by atoms with E-state index in [-0.39, 0.29) is 11.1 Å². The normalized spacial score (nSPS) is 10.7. The minimum absolute atomic E-state index is 0.0832. The van der Waals surface area contributed by atoms with Crippen LogP contribution in [0, 0.1) is 6.92 Å². The Labute approximate surface area is 163 Å². The molecule has 0 bridgehead atoms. The minimum Gasteiger partial charge on any atom is -0.478 e. The predicted molar refractivity (Wildman–Crippen MR) is 98.8 cm³/mol. The second-order valence-electron chi connectivity index (χ2n) is 5.87. The summed E-state index contributed by atoms with van der Waals surface area (Å²) in [5.41, 5.74) is -2.53. The van der Waals surface area contributed by atoms with Crippen molar-refractivity contribution in [2.24, 2.45) is 0 Å². The van der Waals surface area contributed by atoms with Gasteiger partial charge in [-0.3, -0.25) is 4.79 Å². The van der Waals surface area contributed by atoms with Crippen molar-refractivity contribution in [3.63, 3.8) is 0 Å². The summed E-state index contributed by atoms with van der Waals surface area (Å²) in [4.78, 5) is 58.1. The lowest BCUT2D eigenvalue weighted by Gasteiger charge is -2.09. The first-order valence-corrected chi connectivity index (χ1v) is 7.98. The number of carboxylic acid groups (broad SMARTS) is 4. The van der Waals surface area contributed by atoms with E-state index in [0.29, 0.717) is 0 Å². The molecule has 0 saturated carbocycles. The zero-order valence-electron chi connectivity index (χ0n) is 14.9. The molecule has 0 amide bonds. The Morgan fingerprint density at radius 2 is 1.24 bits per heavy atom. The molecule has 0 radical (unpaired) electrons. The number of hydrogen-bond donors (Lipinski definition) is 4. The van der Waals surface area contributed by atoms with Crippen LogP contribution in [0.2, 0.25) is 0 Å². The summed E-state index contributed by atoms with van der Waals surface area (Å²) in [5, 5.41) is 37.1. The molecule has 0 atom stereocenters. The molecule has 0 saturated heterocycles. The van der Waals surface area contributed by atoms with Gasteiger partial charge in [0.1, 0.15) is 0 Å². The van der Waals surface area contributed by atoms with Gasteiger partial charge in [-0.1, -0.05) is 30.3 Å². The maximum absolute atomic E-state index is 12.5. The van der Waals surface area contributed by atoms with E-state index in [0.717, 1.165) is 24.3 Å². The van der Waals surface area contributed by atoms with Crippen LogP contribution in [-0.4, -0.2) is 50.1 Å². The molecule has 0 heterocycles. The number of aromatic carboxylic acids is 4. The molecule has 0 fully saturated rings.